The van der Waals surface area contributed by atoms with Crippen LogP contribution < -0.4 is 5.32 Å². The van der Waals surface area contributed by atoms with Crippen molar-refractivity contribution < 1.29 is 14.3 Å². The zero-order valence-corrected chi connectivity index (χ0v) is 14.6. The predicted octanol–water partition coefficient (Wildman–Crippen LogP) is 2.55. The van der Waals surface area contributed by atoms with Crippen LogP contribution in [0, 0.1) is 0 Å². The lowest BCUT2D eigenvalue weighted by Gasteiger charge is -2.38. The molecule has 25 heavy (non-hydrogen) atoms. The van der Waals surface area contributed by atoms with Crippen LogP contribution in [0.3, 0.4) is 0 Å². The Morgan fingerprint density at radius 3 is 2.56 bits per heavy atom. The lowest BCUT2D eigenvalue weighted by Crippen LogP contribution is -2.52. The van der Waals surface area contributed by atoms with Crippen LogP contribution in [0.15, 0.2) is 54.6 Å². The number of amides is 2. The van der Waals surface area contributed by atoms with Crippen LogP contribution in [0.1, 0.15) is 17.2 Å². The monoisotopic (exact) mass is 358 g/mol. The number of hydrogen-bond donors (Lipinski definition) is 1. The first-order chi connectivity index (χ1) is 12.1. The molecule has 1 N–H and O–H groups in total. The Morgan fingerprint density at radius 2 is 1.88 bits per heavy atom. The van der Waals surface area contributed by atoms with Crippen molar-refractivity contribution in [3.05, 3.63) is 70.7 Å². The van der Waals surface area contributed by atoms with Crippen molar-refractivity contribution >= 4 is 23.4 Å². The zero-order valence-electron chi connectivity index (χ0n) is 13.8. The van der Waals surface area contributed by atoms with E-state index in [0.29, 0.717) is 11.6 Å². The molecule has 1 fully saturated rings. The number of likely N-dealkylation sites (N-methyl/N-ethyl adjacent to an activating group) is 1. The maximum Gasteiger partial charge on any atom is 0.251 e. The summed E-state index contributed by atoms with van der Waals surface area (Å²) in [6, 6.07) is 16.2. The lowest BCUT2D eigenvalue weighted by molar-refractivity contribution is -0.162. The van der Waals surface area contributed by atoms with E-state index in [9.17, 15) is 9.59 Å². The number of carbonyl (C=O) groups is 2. The van der Waals surface area contributed by atoms with Crippen LogP contribution in [-0.4, -0.2) is 36.5 Å². The van der Waals surface area contributed by atoms with Crippen molar-refractivity contribution in [3.63, 3.8) is 0 Å². The van der Waals surface area contributed by atoms with E-state index in [1.807, 2.05) is 42.5 Å². The number of nitrogens with one attached hydrogen (secondary N) is 1. The Labute approximate surface area is 151 Å². The van der Waals surface area contributed by atoms with E-state index in [1.54, 1.807) is 24.1 Å². The van der Waals surface area contributed by atoms with Crippen molar-refractivity contribution in [1.29, 1.82) is 0 Å². The quantitative estimate of drug-likeness (QED) is 0.913. The molecule has 1 saturated heterocycles. The Morgan fingerprint density at radius 1 is 1.20 bits per heavy atom. The number of carbonyl (C=O) groups excluding carboxylic acids is 2. The molecule has 2 aromatic carbocycles. The molecule has 0 unspecified atom stereocenters. The van der Waals surface area contributed by atoms with Gasteiger partial charge >= 0.3 is 0 Å². The smallest absolute Gasteiger partial charge is 0.251 e. The molecule has 1 aliphatic heterocycles. The highest BCUT2D eigenvalue weighted by Gasteiger charge is 2.39. The number of benzene rings is 2. The summed E-state index contributed by atoms with van der Waals surface area (Å²) < 4.78 is 5.57. The Hall–Kier alpha value is -2.37. The van der Waals surface area contributed by atoms with Gasteiger partial charge in [0.1, 0.15) is 6.61 Å². The third-order valence-electron chi connectivity index (χ3n) is 4.26. The van der Waals surface area contributed by atoms with Crippen LogP contribution in [0.25, 0.3) is 0 Å². The molecule has 1 aliphatic rings. The second-order valence-corrected chi connectivity index (χ2v) is 6.37. The van der Waals surface area contributed by atoms with Gasteiger partial charge in [0.2, 0.25) is 5.91 Å². The average molecular weight is 359 g/mol. The van der Waals surface area contributed by atoms with Gasteiger partial charge < -0.3 is 15.0 Å². The summed E-state index contributed by atoms with van der Waals surface area (Å²) in [5, 5.41) is 3.48. The molecule has 2 atom stereocenters. The molecular weight excluding hydrogens is 340 g/mol. The minimum absolute atomic E-state index is 0.107. The van der Waals surface area contributed by atoms with Crippen molar-refractivity contribution in [2.75, 3.05) is 13.7 Å². The number of ether oxygens (including phenoxy) is 1. The van der Waals surface area contributed by atoms with Crippen molar-refractivity contribution in [2.45, 2.75) is 18.7 Å². The maximum atomic E-state index is 12.7. The summed E-state index contributed by atoms with van der Waals surface area (Å²) in [5.41, 5.74) is 1.80. The standard InChI is InChI=1S/C19H19ClN2O3/c1-22-16(23)12-25-18(17(22)14-7-9-15(20)10-8-14)19(24)21-11-13-5-3-2-4-6-13/h2-10,17-18H,11-12H2,1H3,(H,21,24)/t17-,18+/m0/s1. The summed E-state index contributed by atoms with van der Waals surface area (Å²) in [5.74, 6) is -0.407. The highest BCUT2D eigenvalue weighted by atomic mass is 35.5. The molecule has 0 spiro atoms. The zero-order chi connectivity index (χ0) is 17.8. The Bertz CT molecular complexity index is 749. The van der Waals surface area contributed by atoms with Gasteiger partial charge in [-0.05, 0) is 23.3 Å². The number of nitrogens with zero attached hydrogens (tertiary/aromatic N) is 1. The second kappa shape index (κ2) is 7.68. The summed E-state index contributed by atoms with van der Waals surface area (Å²) in [6.07, 6.45) is -0.771. The summed E-state index contributed by atoms with van der Waals surface area (Å²) in [6.45, 7) is 0.300. The predicted molar refractivity (Wildman–Crippen MR) is 95.0 cm³/mol. The van der Waals surface area contributed by atoms with Gasteiger partial charge in [0.05, 0.1) is 6.04 Å². The summed E-state index contributed by atoms with van der Waals surface area (Å²) >= 11 is 5.94. The number of rotatable bonds is 4. The molecule has 5 nitrogen and oxygen atoms in total. The molecule has 0 aliphatic carbocycles. The lowest BCUT2D eigenvalue weighted by atomic mass is 9.97. The third kappa shape index (κ3) is 4.00. The fourth-order valence-corrected chi connectivity index (χ4v) is 3.00. The number of hydrogen-bond acceptors (Lipinski definition) is 3. The van der Waals surface area contributed by atoms with Crippen molar-refractivity contribution in [1.82, 2.24) is 10.2 Å². The van der Waals surface area contributed by atoms with Gasteiger partial charge in [-0.2, -0.15) is 0 Å². The molecule has 6 heteroatoms. The fourth-order valence-electron chi connectivity index (χ4n) is 2.88. The first kappa shape index (κ1) is 17.5. The normalized spacial score (nSPS) is 20.4. The molecular formula is C19H19ClN2O3. The fraction of sp³-hybridized carbons (Fsp3) is 0.263. The van der Waals surface area contributed by atoms with Gasteiger partial charge in [0, 0.05) is 18.6 Å². The molecule has 2 aromatic rings. The van der Waals surface area contributed by atoms with Crippen molar-refractivity contribution in [2.24, 2.45) is 0 Å². The average Bonchev–Trinajstić information content (AvgIpc) is 2.63. The van der Waals surface area contributed by atoms with Gasteiger partial charge in [-0.25, -0.2) is 0 Å². The number of morpholine rings is 1. The van der Waals surface area contributed by atoms with Crippen molar-refractivity contribution in [3.8, 4) is 0 Å². The third-order valence-corrected chi connectivity index (χ3v) is 4.52. The molecule has 2 amide bonds. The molecule has 1 heterocycles. The van der Waals surface area contributed by atoms with Gasteiger partial charge in [0.15, 0.2) is 6.10 Å². The Kier molecular flexibility index (Phi) is 5.36. The Balaban J connectivity index is 1.78. The van der Waals surface area contributed by atoms with E-state index in [4.69, 9.17) is 16.3 Å². The van der Waals surface area contributed by atoms with Gasteiger partial charge in [-0.3, -0.25) is 9.59 Å². The van der Waals surface area contributed by atoms with Crippen LogP contribution in [0.4, 0.5) is 0 Å². The topological polar surface area (TPSA) is 58.6 Å². The number of halogens is 1. The van der Waals surface area contributed by atoms with Gasteiger partial charge in [-0.15, -0.1) is 0 Å². The van der Waals surface area contributed by atoms with Crippen LogP contribution in [-0.2, 0) is 20.9 Å². The van der Waals surface area contributed by atoms with E-state index >= 15 is 0 Å². The van der Waals surface area contributed by atoms with Crippen LogP contribution in [0.2, 0.25) is 5.02 Å². The van der Waals surface area contributed by atoms with E-state index in [-0.39, 0.29) is 18.4 Å². The highest BCUT2D eigenvalue weighted by molar-refractivity contribution is 6.30. The van der Waals surface area contributed by atoms with E-state index in [1.165, 1.54) is 0 Å². The van der Waals surface area contributed by atoms with E-state index in [0.717, 1.165) is 11.1 Å². The van der Waals surface area contributed by atoms with Crippen LogP contribution >= 0.6 is 11.6 Å². The first-order valence-electron chi connectivity index (χ1n) is 8.00. The van der Waals surface area contributed by atoms with Crippen LogP contribution in [0.5, 0.6) is 0 Å². The second-order valence-electron chi connectivity index (χ2n) is 5.94. The minimum atomic E-state index is -0.771. The van der Waals surface area contributed by atoms with E-state index in [2.05, 4.69) is 5.32 Å². The SMILES string of the molecule is CN1C(=O)CO[C@@H](C(=O)NCc2ccccc2)[C@@H]1c1ccc(Cl)cc1. The molecule has 0 radical (unpaired) electrons. The largest absolute Gasteiger partial charge is 0.356 e. The molecule has 0 saturated carbocycles. The molecule has 0 aromatic heterocycles. The van der Waals surface area contributed by atoms with Gasteiger partial charge in [0.25, 0.3) is 5.91 Å². The minimum Gasteiger partial charge on any atom is -0.356 e. The first-order valence-corrected chi connectivity index (χ1v) is 8.38. The molecule has 3 rings (SSSR count). The maximum absolute atomic E-state index is 12.7. The highest BCUT2D eigenvalue weighted by Crippen LogP contribution is 2.30. The van der Waals surface area contributed by atoms with E-state index < -0.39 is 12.1 Å². The molecule has 0 bridgehead atoms. The molecule has 130 valence electrons. The summed E-state index contributed by atoms with van der Waals surface area (Å²) in [7, 11) is 1.68. The summed E-state index contributed by atoms with van der Waals surface area (Å²) in [4.78, 5) is 26.3. The van der Waals surface area contributed by atoms with Gasteiger partial charge in [-0.1, -0.05) is 54.1 Å².